The van der Waals surface area contributed by atoms with E-state index in [0.717, 1.165) is 31.9 Å². The van der Waals surface area contributed by atoms with Crippen molar-refractivity contribution in [3.8, 4) is 0 Å². The summed E-state index contributed by atoms with van der Waals surface area (Å²) in [4.78, 5) is 32.8. The van der Waals surface area contributed by atoms with Crippen LogP contribution >= 0.6 is 7.82 Å². The molecule has 0 aromatic heterocycles. The lowest BCUT2D eigenvalue weighted by atomic mass is 9.82. The van der Waals surface area contributed by atoms with Crippen molar-refractivity contribution in [2.24, 2.45) is 5.92 Å². The number of benzene rings is 1. The lowest BCUT2D eigenvalue weighted by molar-refractivity contribution is -0.118. The first kappa shape index (κ1) is 29.1. The number of nitrogens with one attached hydrogen (secondary N) is 1. The fraction of sp³-hybridized carbons (Fsp3) is 0.565. The van der Waals surface area contributed by atoms with Gasteiger partial charge in [0.1, 0.15) is 33.3 Å². The lowest BCUT2D eigenvalue weighted by Crippen LogP contribution is -2.34. The third-order valence-electron chi connectivity index (χ3n) is 5.58. The molecule has 1 aromatic carbocycles. The van der Waals surface area contributed by atoms with E-state index in [9.17, 15) is 19.0 Å². The van der Waals surface area contributed by atoms with Crippen LogP contribution < -0.4 is 5.32 Å². The minimum Gasteiger partial charge on any atom is -0.431 e. The molecule has 12 heteroatoms. The Balaban J connectivity index is 1.87. The molecule has 0 spiro atoms. The molecule has 1 fully saturated rings. The molecule has 2 unspecified atom stereocenters. The van der Waals surface area contributed by atoms with Crippen molar-refractivity contribution in [2.75, 3.05) is 20.3 Å². The molecule has 1 saturated heterocycles. The van der Waals surface area contributed by atoms with Gasteiger partial charge in [-0.25, -0.2) is 9.36 Å². The van der Waals surface area contributed by atoms with Crippen LogP contribution in [0.2, 0.25) is 0 Å². The van der Waals surface area contributed by atoms with Gasteiger partial charge >= 0.3 is 14.0 Å². The van der Waals surface area contributed by atoms with E-state index in [-0.39, 0.29) is 31.0 Å². The molecule has 0 aliphatic carbocycles. The summed E-state index contributed by atoms with van der Waals surface area (Å²) < 4.78 is 38.3. The molecule has 194 valence electrons. The number of unbranched alkanes of at least 4 members (excludes halogenated alkanes) is 2. The maximum atomic E-state index is 12.1. The summed E-state index contributed by atoms with van der Waals surface area (Å²) in [6.07, 6.45) is 4.71. The number of amides is 1. The van der Waals surface area contributed by atoms with Crippen LogP contribution in [0.1, 0.15) is 38.2 Å². The monoisotopic (exact) mass is 511 g/mol. The first-order valence-electron chi connectivity index (χ1n) is 11.7. The number of rotatable bonds is 14. The number of allylic oxidation sites excluding steroid dienone is 2. The molecule has 1 aromatic rings. The average molecular weight is 511 g/mol. The summed E-state index contributed by atoms with van der Waals surface area (Å²) in [5.74, 6) is -0.294. The largest absolute Gasteiger partial charge is 0.508 e. The van der Waals surface area contributed by atoms with Crippen molar-refractivity contribution in [2.45, 2.75) is 57.4 Å². The molecule has 1 amide bonds. The van der Waals surface area contributed by atoms with Gasteiger partial charge in [-0.3, -0.25) is 13.8 Å². The topological polar surface area (TPSA) is 130 Å². The van der Waals surface area contributed by atoms with Crippen molar-refractivity contribution < 1.29 is 42.3 Å². The highest BCUT2D eigenvalue weighted by Crippen LogP contribution is 2.48. The molecule has 5 atom stereocenters. The molecule has 1 heterocycles. The van der Waals surface area contributed by atoms with Crippen LogP contribution in [-0.4, -0.2) is 63.3 Å². The van der Waals surface area contributed by atoms with Gasteiger partial charge in [0.15, 0.2) is 0 Å². The smallest absolute Gasteiger partial charge is 0.431 e. The van der Waals surface area contributed by atoms with E-state index >= 15 is 0 Å². The molecule has 35 heavy (non-hydrogen) atoms. The van der Waals surface area contributed by atoms with E-state index in [1.807, 2.05) is 50.3 Å². The summed E-state index contributed by atoms with van der Waals surface area (Å²) in [6, 6.07) is 8.87. The maximum Gasteiger partial charge on any atom is 0.508 e. The predicted molar refractivity (Wildman–Crippen MR) is 131 cm³/mol. The number of phosphoric acid groups is 1. The van der Waals surface area contributed by atoms with Gasteiger partial charge in [0, 0.05) is 32.5 Å². The van der Waals surface area contributed by atoms with Gasteiger partial charge in [-0.05, 0) is 31.2 Å². The highest BCUT2D eigenvalue weighted by atomic mass is 31.2. The van der Waals surface area contributed by atoms with Crippen LogP contribution in [-0.2, 0) is 39.2 Å². The number of carbonyl (C=O) groups excluding carboxylic acids is 2. The second-order valence-electron chi connectivity index (χ2n) is 8.29. The molecular formula is C23H35BNO9P. The van der Waals surface area contributed by atoms with Crippen LogP contribution in [0, 0.1) is 5.92 Å². The van der Waals surface area contributed by atoms with Crippen molar-refractivity contribution in [1.29, 1.82) is 0 Å². The Labute approximate surface area is 207 Å². The minimum atomic E-state index is -4.30. The summed E-state index contributed by atoms with van der Waals surface area (Å²) in [5, 5.41) is 2.76. The van der Waals surface area contributed by atoms with Crippen LogP contribution in [0.3, 0.4) is 0 Å². The van der Waals surface area contributed by atoms with E-state index in [0.29, 0.717) is 13.0 Å². The number of phosphoric ester groups is 1. The van der Waals surface area contributed by atoms with E-state index in [2.05, 4.69) is 9.84 Å². The molecule has 2 rings (SSSR count). The Morgan fingerprint density at radius 2 is 1.94 bits per heavy atom. The molecule has 1 aliphatic heterocycles. The zero-order valence-electron chi connectivity index (χ0n) is 20.5. The molecule has 1 aliphatic rings. The predicted octanol–water partition coefficient (Wildman–Crippen LogP) is 2.70. The van der Waals surface area contributed by atoms with Gasteiger partial charge in [0.05, 0.1) is 0 Å². The van der Waals surface area contributed by atoms with Gasteiger partial charge in [-0.15, -0.1) is 0 Å². The summed E-state index contributed by atoms with van der Waals surface area (Å²) in [7, 11) is -1.38. The van der Waals surface area contributed by atoms with E-state index < -0.39 is 26.2 Å². The van der Waals surface area contributed by atoms with Gasteiger partial charge < -0.3 is 24.4 Å². The van der Waals surface area contributed by atoms with Gasteiger partial charge in [0.25, 0.3) is 0 Å². The molecule has 2 N–H and O–H groups in total. The Kier molecular flexibility index (Phi) is 12.5. The van der Waals surface area contributed by atoms with Crippen molar-refractivity contribution in [3.05, 3.63) is 48.0 Å². The maximum absolute atomic E-state index is 12.1. The lowest BCUT2D eigenvalue weighted by Gasteiger charge is -2.24. The third-order valence-corrected chi connectivity index (χ3v) is 6.55. The first-order valence-corrected chi connectivity index (χ1v) is 13.2. The fourth-order valence-corrected chi connectivity index (χ4v) is 4.42. The fourth-order valence-electron chi connectivity index (χ4n) is 3.73. The van der Waals surface area contributed by atoms with Crippen molar-refractivity contribution in [1.82, 2.24) is 5.32 Å². The average Bonchev–Trinajstić information content (AvgIpc) is 3.11. The normalized spacial score (nSPS) is 23.6. The van der Waals surface area contributed by atoms with Crippen molar-refractivity contribution >= 4 is 27.7 Å². The van der Waals surface area contributed by atoms with Crippen LogP contribution in [0.4, 0.5) is 4.79 Å². The van der Waals surface area contributed by atoms with Gasteiger partial charge in [-0.1, -0.05) is 42.5 Å². The van der Waals surface area contributed by atoms with Crippen LogP contribution in [0.5, 0.6) is 0 Å². The highest BCUT2D eigenvalue weighted by Gasteiger charge is 2.46. The minimum absolute atomic E-state index is 0.0398. The zero-order valence-corrected chi connectivity index (χ0v) is 21.4. The standard InChI is InChI=1S/C23H35BNO9P/c1-17(26)25-14-10-5-3-4-9-13-19-21(34-35(28,29)30-2)20(33-22(19)24)16-32-23(27)31-15-18-11-7-6-8-12-18/h4,6-9,11-12,19-22H,3,5,10,13-16,24H2,1-2H3,(H,25,26)(H,28,29)/b9-4+/t19-,20+,21?,22+/m0/s1. The van der Waals surface area contributed by atoms with Crippen molar-refractivity contribution in [3.63, 3.8) is 0 Å². The Morgan fingerprint density at radius 3 is 2.63 bits per heavy atom. The molecule has 10 nitrogen and oxygen atoms in total. The summed E-state index contributed by atoms with van der Waals surface area (Å²) >= 11 is 0. The van der Waals surface area contributed by atoms with E-state index in [4.69, 9.17) is 18.7 Å². The number of hydrogen-bond donors (Lipinski definition) is 2. The van der Waals surface area contributed by atoms with Gasteiger partial charge in [0.2, 0.25) is 5.91 Å². The Bertz CT molecular complexity index is 870. The zero-order chi connectivity index (χ0) is 25.7. The SMILES string of the molecule is B[C@@H]1O[C@H](COC(=O)OCc2ccccc2)C(OP(=O)(O)OC)[C@@H]1C/C=C/CCCCNC(C)=O. The molecule has 0 radical (unpaired) electrons. The first-order chi connectivity index (χ1) is 16.7. The van der Waals surface area contributed by atoms with Crippen LogP contribution in [0.25, 0.3) is 0 Å². The summed E-state index contributed by atoms with van der Waals surface area (Å²) in [6.45, 7) is 2.00. The molecule has 0 bridgehead atoms. The third kappa shape index (κ3) is 11.0. The Hall–Kier alpha value is -2.17. The number of ether oxygens (including phenoxy) is 3. The highest BCUT2D eigenvalue weighted by molar-refractivity contribution is 7.47. The van der Waals surface area contributed by atoms with E-state index in [1.165, 1.54) is 6.92 Å². The van der Waals surface area contributed by atoms with E-state index in [1.54, 1.807) is 0 Å². The number of hydrogen-bond acceptors (Lipinski definition) is 8. The number of carbonyl (C=O) groups is 2. The molecule has 0 saturated carbocycles. The molecular weight excluding hydrogens is 476 g/mol. The Morgan fingerprint density at radius 1 is 1.20 bits per heavy atom. The quantitative estimate of drug-likeness (QED) is 0.127. The van der Waals surface area contributed by atoms with Crippen LogP contribution in [0.15, 0.2) is 42.5 Å². The second kappa shape index (κ2) is 15.1. The second-order valence-corrected chi connectivity index (χ2v) is 9.80. The van der Waals surface area contributed by atoms with Gasteiger partial charge in [-0.2, -0.15) is 0 Å². The summed E-state index contributed by atoms with van der Waals surface area (Å²) in [5.41, 5.74) is 0.819.